The van der Waals surface area contributed by atoms with Gasteiger partial charge in [0.25, 0.3) is 0 Å². The minimum Gasteiger partial charge on any atom is -0.481 e. The molecule has 0 rings (SSSR count). The molecule has 7 heteroatoms. The molecule has 0 aliphatic heterocycles. The number of carboxylic acids is 3. The van der Waals surface area contributed by atoms with Gasteiger partial charge in [-0.15, -0.1) is 0 Å². The van der Waals surface area contributed by atoms with Gasteiger partial charge in [0.1, 0.15) is 17.8 Å². The third-order valence-corrected chi connectivity index (χ3v) is 7.62. The molecule has 0 saturated carbocycles. The van der Waals surface area contributed by atoms with E-state index in [1.807, 2.05) is 0 Å². The fraction of sp³-hybridized carbons (Fsp3) is 0.839. The zero-order chi connectivity index (χ0) is 28.8. The maximum absolute atomic E-state index is 11.6. The van der Waals surface area contributed by atoms with Crippen LogP contribution in [-0.4, -0.2) is 63.9 Å². The number of quaternary nitrogens is 1. The average Bonchev–Trinajstić information content (AvgIpc) is 2.85. The molecule has 222 valence electrons. The predicted octanol–water partition coefficient (Wildman–Crippen LogP) is 7.39. The van der Waals surface area contributed by atoms with Gasteiger partial charge in [-0.2, -0.15) is 0 Å². The Morgan fingerprint density at radius 1 is 0.553 bits per heavy atom. The molecule has 38 heavy (non-hydrogen) atoms. The van der Waals surface area contributed by atoms with E-state index in [1.54, 1.807) is 20.8 Å². The maximum atomic E-state index is 11.6. The van der Waals surface area contributed by atoms with E-state index in [4.69, 9.17) is 0 Å². The smallest absolute Gasteiger partial charge is 0.311 e. The molecule has 0 bridgehead atoms. The summed E-state index contributed by atoms with van der Waals surface area (Å²) in [5.41, 5.74) is 0. The Bertz CT molecular complexity index is 622. The van der Waals surface area contributed by atoms with Crippen molar-refractivity contribution in [3.63, 3.8) is 0 Å². The molecule has 0 radical (unpaired) electrons. The number of unbranched alkanes of at least 4 members (excludes halogenated alkanes) is 13. The molecular weight excluding hydrogens is 482 g/mol. The van der Waals surface area contributed by atoms with Crippen molar-refractivity contribution in [1.82, 2.24) is 0 Å². The van der Waals surface area contributed by atoms with E-state index in [9.17, 15) is 29.7 Å². The lowest BCUT2D eigenvalue weighted by Gasteiger charge is -2.42. The van der Waals surface area contributed by atoms with E-state index >= 15 is 0 Å². The van der Waals surface area contributed by atoms with Crippen LogP contribution in [0.2, 0.25) is 0 Å². The van der Waals surface area contributed by atoms with Crippen LogP contribution in [-0.2, 0) is 14.4 Å². The van der Waals surface area contributed by atoms with Crippen LogP contribution < -0.4 is 0 Å². The van der Waals surface area contributed by atoms with Gasteiger partial charge in [0.2, 0.25) is 0 Å². The molecule has 0 aliphatic carbocycles. The number of carboxylic acid groups (broad SMARTS) is 3. The van der Waals surface area contributed by atoms with E-state index in [-0.39, 0.29) is 24.1 Å². The van der Waals surface area contributed by atoms with Crippen molar-refractivity contribution in [2.75, 3.05) is 26.2 Å². The molecule has 7 nitrogen and oxygen atoms in total. The van der Waals surface area contributed by atoms with Crippen molar-refractivity contribution in [2.45, 2.75) is 124 Å². The number of carbonyl (C=O) groups is 3. The molecule has 3 N–H and O–H groups in total. The predicted molar refractivity (Wildman–Crippen MR) is 154 cm³/mol. The molecule has 0 heterocycles. The van der Waals surface area contributed by atoms with Crippen LogP contribution in [0.3, 0.4) is 0 Å². The van der Waals surface area contributed by atoms with E-state index in [0.29, 0.717) is 6.54 Å². The first-order chi connectivity index (χ1) is 18.0. The molecular formula is C31H58NO6+. The summed E-state index contributed by atoms with van der Waals surface area (Å²) < 4.78 is 0.226. The third kappa shape index (κ3) is 18.4. The van der Waals surface area contributed by atoms with Gasteiger partial charge in [-0.1, -0.05) is 83.3 Å². The second kappa shape index (κ2) is 22.0. The molecule has 3 atom stereocenters. The lowest BCUT2D eigenvalue weighted by molar-refractivity contribution is -0.934. The standard InChI is InChI=1S/C31H57NO6/c1-5-6-7-8-9-10-11-12-13-14-15-16-17-18-19-20-21-22-32(23-26(2)29(33)34,24-27(3)30(35)36)25-28(4)31(37)38/h7-8,26-28H,5-6,9-25H2,1-4H3,(H2-,33,34,35,36,37,38)/p+1/b8-7+. The Morgan fingerprint density at radius 3 is 1.21 bits per heavy atom. The van der Waals surface area contributed by atoms with Crippen LogP contribution >= 0.6 is 0 Å². The molecule has 0 amide bonds. The Balaban J connectivity index is 4.41. The third-order valence-electron chi connectivity index (χ3n) is 7.62. The molecule has 0 spiro atoms. The fourth-order valence-electron chi connectivity index (χ4n) is 5.35. The summed E-state index contributed by atoms with van der Waals surface area (Å²) in [5.74, 6) is -4.80. The summed E-state index contributed by atoms with van der Waals surface area (Å²) in [6.07, 6.45) is 22.8. The summed E-state index contributed by atoms with van der Waals surface area (Å²) in [7, 11) is 0. The molecule has 0 aliphatic rings. The van der Waals surface area contributed by atoms with Gasteiger partial charge in [-0.3, -0.25) is 14.4 Å². The molecule has 0 saturated heterocycles. The molecule has 0 aromatic carbocycles. The first-order valence-corrected chi connectivity index (χ1v) is 15.2. The number of hydrogen-bond acceptors (Lipinski definition) is 3. The van der Waals surface area contributed by atoms with Crippen molar-refractivity contribution in [3.8, 4) is 0 Å². The van der Waals surface area contributed by atoms with Gasteiger partial charge in [0.15, 0.2) is 0 Å². The van der Waals surface area contributed by atoms with Crippen molar-refractivity contribution >= 4 is 17.9 Å². The Labute approximate surface area is 232 Å². The van der Waals surface area contributed by atoms with Crippen LogP contribution in [0.15, 0.2) is 12.2 Å². The van der Waals surface area contributed by atoms with E-state index in [0.717, 1.165) is 19.3 Å². The lowest BCUT2D eigenvalue weighted by atomic mass is 10.00. The topological polar surface area (TPSA) is 112 Å². The highest BCUT2D eigenvalue weighted by atomic mass is 16.4. The zero-order valence-electron chi connectivity index (χ0n) is 24.8. The van der Waals surface area contributed by atoms with Crippen molar-refractivity contribution < 1.29 is 34.2 Å². The van der Waals surface area contributed by atoms with Crippen LogP contribution in [0.4, 0.5) is 0 Å². The summed E-state index contributed by atoms with van der Waals surface area (Å²) >= 11 is 0. The molecule has 0 fully saturated rings. The Kier molecular flexibility index (Phi) is 20.9. The van der Waals surface area contributed by atoms with Crippen molar-refractivity contribution in [2.24, 2.45) is 17.8 Å². The highest BCUT2D eigenvalue weighted by molar-refractivity contribution is 5.70. The largest absolute Gasteiger partial charge is 0.481 e. The van der Waals surface area contributed by atoms with Gasteiger partial charge in [0.05, 0.1) is 26.2 Å². The first-order valence-electron chi connectivity index (χ1n) is 15.2. The minimum atomic E-state index is -0.932. The van der Waals surface area contributed by atoms with Gasteiger partial charge in [0, 0.05) is 0 Å². The Morgan fingerprint density at radius 2 is 0.868 bits per heavy atom. The normalized spacial score (nSPS) is 15.7. The number of allylic oxidation sites excluding steroid dienone is 2. The molecule has 3 unspecified atom stereocenters. The monoisotopic (exact) mass is 540 g/mol. The van der Waals surface area contributed by atoms with Crippen LogP contribution in [0.5, 0.6) is 0 Å². The number of hydrogen-bond donors (Lipinski definition) is 3. The van der Waals surface area contributed by atoms with Crippen LogP contribution in [0, 0.1) is 17.8 Å². The van der Waals surface area contributed by atoms with Crippen LogP contribution in [0.25, 0.3) is 0 Å². The maximum Gasteiger partial charge on any atom is 0.311 e. The number of aliphatic carboxylic acids is 3. The van der Waals surface area contributed by atoms with E-state index in [1.165, 1.54) is 77.0 Å². The summed E-state index contributed by atoms with van der Waals surface area (Å²) in [6, 6.07) is 0. The fourth-order valence-corrected chi connectivity index (χ4v) is 5.35. The first kappa shape index (κ1) is 36.1. The van der Waals surface area contributed by atoms with E-state index < -0.39 is 35.7 Å². The van der Waals surface area contributed by atoms with Gasteiger partial charge >= 0.3 is 17.9 Å². The summed E-state index contributed by atoms with van der Waals surface area (Å²) in [5, 5.41) is 28.5. The molecule has 0 aromatic rings. The summed E-state index contributed by atoms with van der Waals surface area (Å²) in [4.78, 5) is 34.8. The average molecular weight is 541 g/mol. The highest BCUT2D eigenvalue weighted by Gasteiger charge is 2.38. The second-order valence-electron chi connectivity index (χ2n) is 11.6. The van der Waals surface area contributed by atoms with Gasteiger partial charge in [-0.25, -0.2) is 0 Å². The molecule has 0 aromatic heterocycles. The Hall–Kier alpha value is -1.89. The number of rotatable bonds is 26. The van der Waals surface area contributed by atoms with Gasteiger partial charge < -0.3 is 19.8 Å². The summed E-state index contributed by atoms with van der Waals surface area (Å²) in [6.45, 7) is 8.44. The van der Waals surface area contributed by atoms with Gasteiger partial charge in [-0.05, 0) is 52.9 Å². The highest BCUT2D eigenvalue weighted by Crippen LogP contribution is 2.22. The van der Waals surface area contributed by atoms with Crippen LogP contribution in [0.1, 0.15) is 124 Å². The van der Waals surface area contributed by atoms with Crippen molar-refractivity contribution in [3.05, 3.63) is 12.2 Å². The zero-order valence-corrected chi connectivity index (χ0v) is 24.8. The van der Waals surface area contributed by atoms with Crippen molar-refractivity contribution in [1.29, 1.82) is 0 Å². The van der Waals surface area contributed by atoms with E-state index in [2.05, 4.69) is 19.1 Å². The quantitative estimate of drug-likeness (QED) is 0.0599. The minimum absolute atomic E-state index is 0.226. The SMILES string of the molecule is CCC/C=C/CCCCCCCCCCCCCC[N+](CC(C)C(=O)O)(CC(C)C(=O)O)CC(C)C(=O)O. The second-order valence-corrected chi connectivity index (χ2v) is 11.6. The number of nitrogens with zero attached hydrogens (tertiary/aromatic N) is 1. The lowest BCUT2D eigenvalue weighted by Crippen LogP contribution is -2.57.